The van der Waals surface area contributed by atoms with Crippen LogP contribution in [0.1, 0.15) is 6.92 Å². The fraction of sp³-hybridized carbons (Fsp3) is 1.00. The first-order chi connectivity index (χ1) is 5.18. The van der Waals surface area contributed by atoms with Gasteiger partial charge in [0.2, 0.25) is 0 Å². The van der Waals surface area contributed by atoms with Crippen molar-refractivity contribution in [3.63, 3.8) is 0 Å². The zero-order valence-electron chi connectivity index (χ0n) is 6.32. The third-order valence-electron chi connectivity index (χ3n) is 0.877. The van der Waals surface area contributed by atoms with Gasteiger partial charge in [-0.3, -0.25) is 15.2 Å². The first-order valence-corrected chi connectivity index (χ1v) is 3.11. The molecule has 0 aromatic heterocycles. The summed E-state index contributed by atoms with van der Waals surface area (Å²) in [6.45, 7) is 0.632. The fourth-order valence-corrected chi connectivity index (χ4v) is 0.506. The molecule has 4 N–H and O–H groups in total. The van der Waals surface area contributed by atoms with Crippen LogP contribution in [0.25, 0.3) is 0 Å². The standard InChI is InChI=1S/C5H13NO5/c1-2-9-5(6,10-3-7)11-4-8/h7-8H,2-4,6H2,1H3. The minimum atomic E-state index is -1.85. The van der Waals surface area contributed by atoms with Gasteiger partial charge in [-0.1, -0.05) is 0 Å². The topological polar surface area (TPSA) is 94.2 Å². The number of nitrogens with two attached hydrogens (primary N) is 1. The molecule has 0 radical (unpaired) electrons. The maximum Gasteiger partial charge on any atom is 0.352 e. The second kappa shape index (κ2) is 5.42. The number of ether oxygens (including phenoxy) is 3. The van der Waals surface area contributed by atoms with Crippen molar-refractivity contribution in [2.45, 2.75) is 13.0 Å². The molecule has 0 atom stereocenters. The van der Waals surface area contributed by atoms with E-state index >= 15 is 0 Å². The van der Waals surface area contributed by atoms with Crippen molar-refractivity contribution in [2.24, 2.45) is 5.73 Å². The molecule has 68 valence electrons. The van der Waals surface area contributed by atoms with Crippen LogP contribution in [-0.4, -0.2) is 36.5 Å². The number of aliphatic hydroxyl groups excluding tert-OH is 2. The summed E-state index contributed by atoms with van der Waals surface area (Å²) < 4.78 is 13.6. The molecule has 0 aromatic rings. The Hall–Kier alpha value is -0.240. The van der Waals surface area contributed by atoms with Gasteiger partial charge in [0.15, 0.2) is 13.6 Å². The summed E-state index contributed by atoms with van der Waals surface area (Å²) in [6, 6.07) is 0. The fourth-order valence-electron chi connectivity index (χ4n) is 0.506. The Bertz CT molecular complexity index is 81.9. The Labute approximate surface area is 64.5 Å². The van der Waals surface area contributed by atoms with Gasteiger partial charge in [-0.15, -0.1) is 0 Å². The summed E-state index contributed by atoms with van der Waals surface area (Å²) in [6.07, 6.45) is -1.85. The molecule has 0 amide bonds. The molecule has 0 aliphatic rings. The van der Waals surface area contributed by atoms with E-state index in [4.69, 9.17) is 20.7 Å². The van der Waals surface area contributed by atoms with Crippen molar-refractivity contribution >= 4 is 0 Å². The number of aliphatic hydroxyl groups is 2. The highest BCUT2D eigenvalue weighted by atomic mass is 16.9. The lowest BCUT2D eigenvalue weighted by Crippen LogP contribution is -2.48. The maximum atomic E-state index is 8.31. The molecule has 0 unspecified atom stereocenters. The molecule has 0 spiro atoms. The Morgan fingerprint density at radius 3 is 1.91 bits per heavy atom. The smallest absolute Gasteiger partial charge is 0.352 e. The summed E-state index contributed by atoms with van der Waals surface area (Å²) in [5, 5.41) is 16.6. The van der Waals surface area contributed by atoms with Crippen LogP contribution < -0.4 is 5.73 Å². The Kier molecular flexibility index (Phi) is 5.30. The minimum Gasteiger partial charge on any atom is -0.370 e. The lowest BCUT2D eigenvalue weighted by molar-refractivity contribution is -0.403. The summed E-state index contributed by atoms with van der Waals surface area (Å²) >= 11 is 0. The van der Waals surface area contributed by atoms with Gasteiger partial charge in [-0.05, 0) is 6.92 Å². The van der Waals surface area contributed by atoms with Gasteiger partial charge in [0.1, 0.15) is 0 Å². The zero-order valence-corrected chi connectivity index (χ0v) is 6.32. The van der Waals surface area contributed by atoms with Crippen LogP contribution in [0.5, 0.6) is 0 Å². The molecule has 0 fully saturated rings. The van der Waals surface area contributed by atoms with Gasteiger partial charge >= 0.3 is 6.10 Å². The second-order valence-electron chi connectivity index (χ2n) is 1.58. The van der Waals surface area contributed by atoms with Crippen molar-refractivity contribution < 1.29 is 24.4 Å². The van der Waals surface area contributed by atoms with E-state index < -0.39 is 19.7 Å². The van der Waals surface area contributed by atoms with E-state index in [1.165, 1.54) is 0 Å². The lowest BCUT2D eigenvalue weighted by atomic mass is 10.8. The molecular weight excluding hydrogens is 154 g/mol. The van der Waals surface area contributed by atoms with E-state index in [0.717, 1.165) is 0 Å². The van der Waals surface area contributed by atoms with Crippen molar-refractivity contribution in [1.29, 1.82) is 0 Å². The molecule has 6 nitrogen and oxygen atoms in total. The summed E-state index contributed by atoms with van der Waals surface area (Å²) in [5.41, 5.74) is 5.24. The third-order valence-corrected chi connectivity index (χ3v) is 0.877. The average Bonchev–Trinajstić information content (AvgIpc) is 1.88. The van der Waals surface area contributed by atoms with Crippen LogP contribution in [0.4, 0.5) is 0 Å². The van der Waals surface area contributed by atoms with Gasteiger partial charge < -0.3 is 14.9 Å². The van der Waals surface area contributed by atoms with Crippen LogP contribution >= 0.6 is 0 Å². The molecule has 0 bridgehead atoms. The average molecular weight is 167 g/mol. The van der Waals surface area contributed by atoms with Crippen LogP contribution in [0.15, 0.2) is 0 Å². The minimum absolute atomic E-state index is 0.247. The predicted octanol–water partition coefficient (Wildman–Crippen LogP) is -1.47. The SMILES string of the molecule is CCOC(N)(OCO)OCO. The second-order valence-corrected chi connectivity index (χ2v) is 1.58. The molecule has 0 heterocycles. The lowest BCUT2D eigenvalue weighted by Gasteiger charge is -2.25. The molecule has 0 aliphatic carbocycles. The predicted molar refractivity (Wildman–Crippen MR) is 34.9 cm³/mol. The van der Waals surface area contributed by atoms with Gasteiger partial charge in [-0.2, -0.15) is 0 Å². The zero-order chi connectivity index (χ0) is 8.74. The van der Waals surface area contributed by atoms with Gasteiger partial charge in [0.05, 0.1) is 6.61 Å². The van der Waals surface area contributed by atoms with Crippen molar-refractivity contribution in [2.75, 3.05) is 20.2 Å². The van der Waals surface area contributed by atoms with Crippen molar-refractivity contribution in [3.8, 4) is 0 Å². The van der Waals surface area contributed by atoms with E-state index in [9.17, 15) is 0 Å². The van der Waals surface area contributed by atoms with E-state index in [1.807, 2.05) is 0 Å². The van der Waals surface area contributed by atoms with Crippen LogP contribution in [0, 0.1) is 0 Å². The first kappa shape index (κ1) is 10.8. The monoisotopic (exact) mass is 167 g/mol. The molecule has 6 heteroatoms. The third kappa shape index (κ3) is 4.25. The Morgan fingerprint density at radius 2 is 1.64 bits per heavy atom. The van der Waals surface area contributed by atoms with Crippen molar-refractivity contribution in [1.82, 2.24) is 0 Å². The normalized spacial score (nSPS) is 12.0. The molecule has 0 rings (SSSR count). The summed E-state index contributed by atoms with van der Waals surface area (Å²) in [7, 11) is 0. The van der Waals surface area contributed by atoms with Gasteiger partial charge in [0.25, 0.3) is 0 Å². The quantitative estimate of drug-likeness (QED) is 0.418. The van der Waals surface area contributed by atoms with Gasteiger partial charge in [-0.25, -0.2) is 0 Å². The van der Waals surface area contributed by atoms with E-state index in [-0.39, 0.29) is 6.61 Å². The highest BCUT2D eigenvalue weighted by molar-refractivity contribution is 4.40. The molecule has 0 aromatic carbocycles. The Morgan fingerprint density at radius 1 is 1.18 bits per heavy atom. The number of hydrogen-bond acceptors (Lipinski definition) is 6. The first-order valence-electron chi connectivity index (χ1n) is 3.11. The largest absolute Gasteiger partial charge is 0.370 e. The van der Waals surface area contributed by atoms with E-state index in [1.54, 1.807) is 6.92 Å². The summed E-state index contributed by atoms with van der Waals surface area (Å²) in [4.78, 5) is 0. The maximum absolute atomic E-state index is 8.31. The molecule has 11 heavy (non-hydrogen) atoms. The van der Waals surface area contributed by atoms with Gasteiger partial charge in [0, 0.05) is 0 Å². The van der Waals surface area contributed by atoms with E-state index in [2.05, 4.69) is 9.47 Å². The summed E-state index contributed by atoms with van der Waals surface area (Å²) in [5.74, 6) is 0. The molecule has 0 saturated carbocycles. The highest BCUT2D eigenvalue weighted by Crippen LogP contribution is 2.05. The molecular formula is C5H13NO5. The number of hydrogen-bond donors (Lipinski definition) is 3. The highest BCUT2D eigenvalue weighted by Gasteiger charge is 2.27. The van der Waals surface area contributed by atoms with E-state index in [0.29, 0.717) is 0 Å². The van der Waals surface area contributed by atoms with Crippen LogP contribution in [0.3, 0.4) is 0 Å². The molecule has 0 saturated heterocycles. The Balaban J connectivity index is 3.79. The molecule has 0 aliphatic heterocycles. The number of rotatable bonds is 6. The van der Waals surface area contributed by atoms with Crippen LogP contribution in [-0.2, 0) is 14.2 Å². The van der Waals surface area contributed by atoms with Crippen LogP contribution in [0.2, 0.25) is 0 Å². The van der Waals surface area contributed by atoms with Crippen molar-refractivity contribution in [3.05, 3.63) is 0 Å².